The Kier molecular flexibility index (Phi) is 3.08. The molecular formula is C11H13N3O. The largest absolute Gasteiger partial charge is 0.290 e. The molecule has 0 unspecified atom stereocenters. The molecule has 4 nitrogen and oxygen atoms in total. The van der Waals surface area contributed by atoms with Gasteiger partial charge in [-0.25, -0.2) is 5.84 Å². The number of nitrogens with two attached hydrogens (primary N) is 1. The van der Waals surface area contributed by atoms with E-state index in [2.05, 4.69) is 6.07 Å². The van der Waals surface area contributed by atoms with Crippen LogP contribution in [0.4, 0.5) is 0 Å². The van der Waals surface area contributed by atoms with Gasteiger partial charge in [0.2, 0.25) is 0 Å². The molecule has 4 heteroatoms. The number of hydrogen-bond acceptors (Lipinski definition) is 3. The Labute approximate surface area is 88.7 Å². The predicted octanol–water partition coefficient (Wildman–Crippen LogP) is 1.09. The number of amides is 1. The zero-order valence-electron chi connectivity index (χ0n) is 8.74. The highest BCUT2D eigenvalue weighted by Gasteiger charge is 2.19. The van der Waals surface area contributed by atoms with Gasteiger partial charge in [0.25, 0.3) is 5.91 Å². The first-order valence-corrected chi connectivity index (χ1v) is 4.54. The van der Waals surface area contributed by atoms with Crippen LogP contribution in [0.3, 0.4) is 0 Å². The zero-order valence-corrected chi connectivity index (χ0v) is 8.74. The van der Waals surface area contributed by atoms with E-state index < -0.39 is 5.41 Å². The second-order valence-electron chi connectivity index (χ2n) is 3.79. The first kappa shape index (κ1) is 11.2. The van der Waals surface area contributed by atoms with Gasteiger partial charge in [-0.05, 0) is 31.5 Å². The average Bonchev–Trinajstić information content (AvgIpc) is 2.28. The van der Waals surface area contributed by atoms with Gasteiger partial charge in [-0.2, -0.15) is 5.26 Å². The first-order valence-electron chi connectivity index (χ1n) is 4.54. The molecule has 3 N–H and O–H groups in total. The maximum Gasteiger partial charge on any atom is 0.265 e. The van der Waals surface area contributed by atoms with Gasteiger partial charge in [-0.1, -0.05) is 12.1 Å². The van der Waals surface area contributed by atoms with E-state index in [4.69, 9.17) is 11.1 Å². The summed E-state index contributed by atoms with van der Waals surface area (Å²) in [4.78, 5) is 11.1. The van der Waals surface area contributed by atoms with Gasteiger partial charge >= 0.3 is 0 Å². The summed E-state index contributed by atoms with van der Waals surface area (Å²) in [5.41, 5.74) is 2.86. The zero-order chi connectivity index (χ0) is 11.5. The average molecular weight is 203 g/mol. The lowest BCUT2D eigenvalue weighted by molar-refractivity contribution is 0.0953. The van der Waals surface area contributed by atoms with Crippen molar-refractivity contribution in [1.82, 2.24) is 5.43 Å². The van der Waals surface area contributed by atoms with Crippen molar-refractivity contribution in [2.45, 2.75) is 19.3 Å². The summed E-state index contributed by atoms with van der Waals surface area (Å²) >= 11 is 0. The fourth-order valence-corrected chi connectivity index (χ4v) is 1.19. The van der Waals surface area contributed by atoms with E-state index >= 15 is 0 Å². The first-order chi connectivity index (χ1) is 7.01. The summed E-state index contributed by atoms with van der Waals surface area (Å²) in [5, 5.41) is 8.92. The van der Waals surface area contributed by atoms with Gasteiger partial charge in [-0.3, -0.25) is 10.2 Å². The van der Waals surface area contributed by atoms with Crippen LogP contribution in [0.1, 0.15) is 29.8 Å². The van der Waals surface area contributed by atoms with Gasteiger partial charge in [-0.15, -0.1) is 0 Å². The summed E-state index contributed by atoms with van der Waals surface area (Å²) in [6, 6.07) is 9.01. The van der Waals surface area contributed by atoms with E-state index in [1.807, 2.05) is 19.3 Å². The molecule has 1 amide bonds. The topological polar surface area (TPSA) is 78.9 Å². The number of nitrogens with one attached hydrogen (secondary N) is 1. The molecule has 0 fully saturated rings. The molecule has 78 valence electrons. The van der Waals surface area contributed by atoms with E-state index in [9.17, 15) is 4.79 Å². The smallest absolute Gasteiger partial charge is 0.265 e. The molecule has 0 spiro atoms. The Balaban J connectivity index is 3.01. The minimum Gasteiger partial charge on any atom is -0.290 e. The molecular weight excluding hydrogens is 190 g/mol. The summed E-state index contributed by atoms with van der Waals surface area (Å²) in [5.74, 6) is 4.67. The minimum atomic E-state index is -0.544. The molecule has 0 radical (unpaired) electrons. The van der Waals surface area contributed by atoms with Crippen LogP contribution >= 0.6 is 0 Å². The summed E-state index contributed by atoms with van der Waals surface area (Å²) in [6.07, 6.45) is 0. The number of nitrogen functional groups attached to an aromatic ring is 1. The molecule has 0 aliphatic carbocycles. The van der Waals surface area contributed by atoms with Crippen LogP contribution in [0, 0.1) is 11.3 Å². The van der Waals surface area contributed by atoms with Gasteiger partial charge in [0.15, 0.2) is 0 Å². The highest BCUT2D eigenvalue weighted by atomic mass is 16.2. The molecule has 0 heterocycles. The quantitative estimate of drug-likeness (QED) is 0.429. The normalized spacial score (nSPS) is 10.5. The molecule has 0 saturated heterocycles. The van der Waals surface area contributed by atoms with Crippen LogP contribution in [0.25, 0.3) is 0 Å². The molecule has 0 aliphatic rings. The van der Waals surface area contributed by atoms with Crippen molar-refractivity contribution < 1.29 is 4.79 Å². The fourth-order valence-electron chi connectivity index (χ4n) is 1.19. The number of carbonyl (C=O) groups excluding carboxylic acids is 1. The SMILES string of the molecule is CC(C)(C#N)c1ccc(C(=O)NN)cc1. The molecule has 0 aromatic heterocycles. The Morgan fingerprint density at radius 3 is 2.33 bits per heavy atom. The molecule has 1 aromatic carbocycles. The summed E-state index contributed by atoms with van der Waals surface area (Å²) in [6.45, 7) is 3.65. The van der Waals surface area contributed by atoms with Crippen molar-refractivity contribution in [2.75, 3.05) is 0 Å². The molecule has 0 saturated carbocycles. The van der Waals surface area contributed by atoms with E-state index in [1.54, 1.807) is 24.3 Å². The molecule has 1 rings (SSSR count). The van der Waals surface area contributed by atoms with E-state index in [1.165, 1.54) is 0 Å². The van der Waals surface area contributed by atoms with Crippen molar-refractivity contribution in [2.24, 2.45) is 5.84 Å². The third kappa shape index (κ3) is 2.33. The maximum absolute atomic E-state index is 11.1. The highest BCUT2D eigenvalue weighted by molar-refractivity contribution is 5.93. The molecule has 15 heavy (non-hydrogen) atoms. The van der Waals surface area contributed by atoms with Crippen LogP contribution < -0.4 is 11.3 Å². The van der Waals surface area contributed by atoms with Crippen LogP contribution in [0.2, 0.25) is 0 Å². The lowest BCUT2D eigenvalue weighted by atomic mass is 9.86. The van der Waals surface area contributed by atoms with Gasteiger partial charge in [0, 0.05) is 5.56 Å². The van der Waals surface area contributed by atoms with Crippen molar-refractivity contribution in [1.29, 1.82) is 5.26 Å². The number of nitrogens with zero attached hydrogens (tertiary/aromatic N) is 1. The van der Waals surface area contributed by atoms with Gasteiger partial charge in [0.1, 0.15) is 0 Å². The molecule has 0 aliphatic heterocycles. The van der Waals surface area contributed by atoms with Crippen molar-refractivity contribution in [3.05, 3.63) is 35.4 Å². The monoisotopic (exact) mass is 203 g/mol. The second-order valence-corrected chi connectivity index (χ2v) is 3.79. The van der Waals surface area contributed by atoms with Crippen molar-refractivity contribution in [3.8, 4) is 6.07 Å². The van der Waals surface area contributed by atoms with Crippen LogP contribution in [-0.4, -0.2) is 5.91 Å². The van der Waals surface area contributed by atoms with Crippen LogP contribution in [-0.2, 0) is 5.41 Å². The summed E-state index contributed by atoms with van der Waals surface area (Å²) < 4.78 is 0. The Bertz CT molecular complexity index is 401. The standard InChI is InChI=1S/C11H13N3O/c1-11(2,7-12)9-5-3-8(4-6-9)10(15)14-13/h3-6H,13H2,1-2H3,(H,14,15). The Hall–Kier alpha value is -1.86. The van der Waals surface area contributed by atoms with E-state index in [-0.39, 0.29) is 5.91 Å². The third-order valence-corrected chi connectivity index (χ3v) is 2.28. The Morgan fingerprint density at radius 2 is 1.93 bits per heavy atom. The Morgan fingerprint density at radius 1 is 1.40 bits per heavy atom. The van der Waals surface area contributed by atoms with Crippen LogP contribution in [0.5, 0.6) is 0 Å². The van der Waals surface area contributed by atoms with Crippen LogP contribution in [0.15, 0.2) is 24.3 Å². The highest BCUT2D eigenvalue weighted by Crippen LogP contribution is 2.22. The number of rotatable bonds is 2. The number of nitriles is 1. The third-order valence-electron chi connectivity index (χ3n) is 2.28. The molecule has 0 bridgehead atoms. The van der Waals surface area contributed by atoms with E-state index in [0.29, 0.717) is 5.56 Å². The lowest BCUT2D eigenvalue weighted by Crippen LogP contribution is -2.30. The number of hydrazine groups is 1. The number of benzene rings is 1. The lowest BCUT2D eigenvalue weighted by Gasteiger charge is -2.15. The molecule has 1 aromatic rings. The van der Waals surface area contributed by atoms with E-state index in [0.717, 1.165) is 5.56 Å². The fraction of sp³-hybridized carbons (Fsp3) is 0.273. The van der Waals surface area contributed by atoms with Crippen molar-refractivity contribution >= 4 is 5.91 Å². The van der Waals surface area contributed by atoms with Gasteiger partial charge < -0.3 is 0 Å². The predicted molar refractivity (Wildman–Crippen MR) is 56.7 cm³/mol. The number of carbonyl (C=O) groups is 1. The minimum absolute atomic E-state index is 0.337. The second kappa shape index (κ2) is 4.11. The molecule has 0 atom stereocenters. The van der Waals surface area contributed by atoms with Gasteiger partial charge in [0.05, 0.1) is 11.5 Å². The maximum atomic E-state index is 11.1. The van der Waals surface area contributed by atoms with Crippen molar-refractivity contribution in [3.63, 3.8) is 0 Å². The number of hydrogen-bond donors (Lipinski definition) is 2. The summed E-state index contributed by atoms with van der Waals surface area (Å²) in [7, 11) is 0.